The first kappa shape index (κ1) is 14.6. The van der Waals surface area contributed by atoms with Crippen molar-refractivity contribution in [3.63, 3.8) is 0 Å². The van der Waals surface area contributed by atoms with Crippen LogP contribution in [0.3, 0.4) is 0 Å². The molecule has 0 amide bonds. The maximum Gasteiger partial charge on any atom is 0.0554 e. The van der Waals surface area contributed by atoms with Gasteiger partial charge in [0, 0.05) is 18.8 Å². The van der Waals surface area contributed by atoms with Gasteiger partial charge >= 0.3 is 0 Å². The van der Waals surface area contributed by atoms with Gasteiger partial charge in [0.15, 0.2) is 0 Å². The fourth-order valence-electron chi connectivity index (χ4n) is 3.48. The minimum absolute atomic E-state index is 0.156. The van der Waals surface area contributed by atoms with Gasteiger partial charge in [-0.15, -0.1) is 0 Å². The Morgan fingerprint density at radius 2 is 1.95 bits per heavy atom. The van der Waals surface area contributed by atoms with Gasteiger partial charge in [-0.2, -0.15) is 5.10 Å². The predicted molar refractivity (Wildman–Crippen MR) is 79.7 cm³/mol. The summed E-state index contributed by atoms with van der Waals surface area (Å²) in [7, 11) is 0. The number of aryl methyl sites for hydroxylation is 1. The van der Waals surface area contributed by atoms with E-state index in [1.807, 2.05) is 10.9 Å². The average molecular weight is 263 g/mol. The van der Waals surface area contributed by atoms with Crippen molar-refractivity contribution < 1.29 is 0 Å². The number of nitrogens with zero attached hydrogens (tertiary/aromatic N) is 2. The molecular formula is C16H29N3. The summed E-state index contributed by atoms with van der Waals surface area (Å²) in [4.78, 5) is 0. The maximum atomic E-state index is 6.48. The minimum Gasteiger partial charge on any atom is -0.322 e. The largest absolute Gasteiger partial charge is 0.322 e. The summed E-state index contributed by atoms with van der Waals surface area (Å²) in [6.07, 6.45) is 7.04. The lowest BCUT2D eigenvalue weighted by Crippen LogP contribution is -2.31. The summed E-state index contributed by atoms with van der Waals surface area (Å²) < 4.78 is 2.04. The summed E-state index contributed by atoms with van der Waals surface area (Å²) in [5.74, 6) is 1.48. The maximum absolute atomic E-state index is 6.48. The van der Waals surface area contributed by atoms with E-state index in [1.54, 1.807) is 0 Å². The molecule has 108 valence electrons. The van der Waals surface area contributed by atoms with Crippen LogP contribution in [0.2, 0.25) is 0 Å². The van der Waals surface area contributed by atoms with Crippen molar-refractivity contribution in [3.05, 3.63) is 18.0 Å². The van der Waals surface area contributed by atoms with E-state index in [0.29, 0.717) is 11.3 Å². The Bertz CT molecular complexity index is 394. The fraction of sp³-hybridized carbons (Fsp3) is 0.812. The van der Waals surface area contributed by atoms with Crippen molar-refractivity contribution in [2.45, 2.75) is 66.0 Å². The van der Waals surface area contributed by atoms with E-state index >= 15 is 0 Å². The smallest absolute Gasteiger partial charge is 0.0554 e. The third-order valence-corrected chi connectivity index (χ3v) is 4.89. The highest BCUT2D eigenvalue weighted by Gasteiger charge is 2.32. The van der Waals surface area contributed by atoms with Gasteiger partial charge < -0.3 is 5.73 Å². The fourth-order valence-corrected chi connectivity index (χ4v) is 3.48. The molecule has 1 aliphatic carbocycles. The molecule has 1 aromatic rings. The van der Waals surface area contributed by atoms with Gasteiger partial charge in [-0.1, -0.05) is 20.8 Å². The normalized spacial score (nSPS) is 26.4. The van der Waals surface area contributed by atoms with Crippen molar-refractivity contribution in [2.24, 2.45) is 23.0 Å². The van der Waals surface area contributed by atoms with Crippen LogP contribution >= 0.6 is 0 Å². The number of rotatable bonds is 3. The molecule has 2 N–H and O–H groups in total. The summed E-state index contributed by atoms with van der Waals surface area (Å²) in [5, 5.41) is 4.34. The van der Waals surface area contributed by atoms with Crippen LogP contribution in [-0.2, 0) is 6.54 Å². The van der Waals surface area contributed by atoms with Crippen LogP contribution in [0.5, 0.6) is 0 Å². The lowest BCUT2D eigenvalue weighted by Gasteiger charge is -2.38. The van der Waals surface area contributed by atoms with Gasteiger partial charge in [-0.05, 0) is 55.9 Å². The summed E-state index contributed by atoms with van der Waals surface area (Å²) in [6.45, 7) is 10.1. The predicted octanol–water partition coefficient (Wildman–Crippen LogP) is 3.76. The molecule has 3 heteroatoms. The van der Waals surface area contributed by atoms with Crippen molar-refractivity contribution in [3.8, 4) is 0 Å². The zero-order valence-corrected chi connectivity index (χ0v) is 12.9. The second-order valence-corrected chi connectivity index (χ2v) is 7.08. The number of nitrogens with two attached hydrogens (primary N) is 1. The Kier molecular flexibility index (Phi) is 4.34. The Balaban J connectivity index is 1.98. The van der Waals surface area contributed by atoms with Gasteiger partial charge in [0.05, 0.1) is 5.69 Å². The van der Waals surface area contributed by atoms with Gasteiger partial charge in [-0.25, -0.2) is 0 Å². The third-order valence-electron chi connectivity index (χ3n) is 4.89. The molecule has 1 fully saturated rings. The molecule has 3 nitrogen and oxygen atoms in total. The van der Waals surface area contributed by atoms with Crippen LogP contribution in [0.15, 0.2) is 12.3 Å². The first-order chi connectivity index (χ1) is 8.93. The molecule has 1 unspecified atom stereocenters. The lowest BCUT2D eigenvalue weighted by molar-refractivity contribution is 0.138. The molecule has 0 aliphatic heterocycles. The van der Waals surface area contributed by atoms with Crippen LogP contribution in [-0.4, -0.2) is 9.78 Å². The van der Waals surface area contributed by atoms with E-state index in [9.17, 15) is 0 Å². The van der Waals surface area contributed by atoms with Crippen LogP contribution in [0.4, 0.5) is 0 Å². The number of aromatic nitrogens is 2. The molecule has 0 spiro atoms. The molecule has 0 saturated heterocycles. The van der Waals surface area contributed by atoms with Crippen LogP contribution in [0.1, 0.15) is 65.1 Å². The van der Waals surface area contributed by atoms with Gasteiger partial charge in [-0.3, -0.25) is 4.68 Å². The lowest BCUT2D eigenvalue weighted by atomic mass is 9.68. The molecule has 2 rings (SSSR count). The van der Waals surface area contributed by atoms with Crippen LogP contribution in [0.25, 0.3) is 0 Å². The van der Waals surface area contributed by atoms with E-state index in [1.165, 1.54) is 31.4 Å². The summed E-state index contributed by atoms with van der Waals surface area (Å²) in [6, 6.07) is 2.24. The Morgan fingerprint density at radius 1 is 1.32 bits per heavy atom. The quantitative estimate of drug-likeness (QED) is 0.902. The highest BCUT2D eigenvalue weighted by molar-refractivity contribution is 5.08. The first-order valence-corrected chi connectivity index (χ1v) is 7.70. The highest BCUT2D eigenvalue weighted by atomic mass is 15.3. The van der Waals surface area contributed by atoms with E-state index in [0.717, 1.165) is 12.5 Å². The highest BCUT2D eigenvalue weighted by Crippen LogP contribution is 2.42. The standard InChI is InChI=1S/C16H29N3/c1-5-19-14(10-11-18-19)15(17)12-6-8-13(9-7-12)16(2,3)4/h10-13,15H,5-9,17H2,1-4H3. The minimum atomic E-state index is 0.156. The number of hydrogen-bond acceptors (Lipinski definition) is 2. The monoisotopic (exact) mass is 263 g/mol. The first-order valence-electron chi connectivity index (χ1n) is 7.70. The Labute approximate surface area is 117 Å². The van der Waals surface area contributed by atoms with E-state index in [4.69, 9.17) is 5.73 Å². The average Bonchev–Trinajstić information content (AvgIpc) is 2.85. The summed E-state index contributed by atoms with van der Waals surface area (Å²) in [5.41, 5.74) is 8.14. The molecular weight excluding hydrogens is 234 g/mol. The zero-order chi connectivity index (χ0) is 14.0. The topological polar surface area (TPSA) is 43.8 Å². The van der Waals surface area contributed by atoms with Crippen molar-refractivity contribution in [2.75, 3.05) is 0 Å². The van der Waals surface area contributed by atoms with E-state index in [2.05, 4.69) is 38.9 Å². The second kappa shape index (κ2) is 5.66. The molecule has 19 heavy (non-hydrogen) atoms. The Hall–Kier alpha value is -0.830. The molecule has 1 saturated carbocycles. The van der Waals surface area contributed by atoms with E-state index < -0.39 is 0 Å². The molecule has 0 aromatic carbocycles. The molecule has 1 atom stereocenters. The molecule has 1 heterocycles. The van der Waals surface area contributed by atoms with Gasteiger partial charge in [0.25, 0.3) is 0 Å². The van der Waals surface area contributed by atoms with Crippen LogP contribution < -0.4 is 5.73 Å². The van der Waals surface area contributed by atoms with Crippen molar-refractivity contribution >= 4 is 0 Å². The molecule has 0 bridgehead atoms. The molecule has 1 aliphatic rings. The van der Waals surface area contributed by atoms with Gasteiger partial charge in [0.2, 0.25) is 0 Å². The molecule has 0 radical (unpaired) electrons. The van der Waals surface area contributed by atoms with Gasteiger partial charge in [0.1, 0.15) is 0 Å². The van der Waals surface area contributed by atoms with Crippen LogP contribution in [0, 0.1) is 17.3 Å². The molecule has 1 aromatic heterocycles. The third kappa shape index (κ3) is 3.19. The van der Waals surface area contributed by atoms with E-state index in [-0.39, 0.29) is 6.04 Å². The number of hydrogen-bond donors (Lipinski definition) is 1. The zero-order valence-electron chi connectivity index (χ0n) is 12.9. The van der Waals surface area contributed by atoms with Crippen molar-refractivity contribution in [1.29, 1.82) is 0 Å². The van der Waals surface area contributed by atoms with Crippen molar-refractivity contribution in [1.82, 2.24) is 9.78 Å². The SMILES string of the molecule is CCn1nccc1C(N)C1CCC(C(C)(C)C)CC1. The summed E-state index contributed by atoms with van der Waals surface area (Å²) >= 11 is 0. The Morgan fingerprint density at radius 3 is 2.47 bits per heavy atom. The second-order valence-electron chi connectivity index (χ2n) is 7.08.